The Morgan fingerprint density at radius 2 is 2.13 bits per heavy atom. The van der Waals surface area contributed by atoms with Gasteiger partial charge in [-0.3, -0.25) is 9.89 Å². The van der Waals surface area contributed by atoms with Gasteiger partial charge in [-0.05, 0) is 37.0 Å². The summed E-state index contributed by atoms with van der Waals surface area (Å²) in [6.45, 7) is 1.55. The van der Waals surface area contributed by atoms with E-state index < -0.39 is 0 Å². The third kappa shape index (κ3) is 3.22. The fourth-order valence-corrected chi connectivity index (χ4v) is 2.91. The quantitative estimate of drug-likeness (QED) is 0.903. The second-order valence-corrected chi connectivity index (χ2v) is 5.79. The van der Waals surface area contributed by atoms with E-state index in [4.69, 9.17) is 4.74 Å². The maximum atomic E-state index is 12.6. The average Bonchev–Trinajstić information content (AvgIpc) is 3.11. The Morgan fingerprint density at radius 3 is 2.83 bits per heavy atom. The summed E-state index contributed by atoms with van der Waals surface area (Å²) >= 11 is 0. The molecule has 1 aromatic heterocycles. The maximum absolute atomic E-state index is 12.6. The average molecular weight is 315 g/mol. The van der Waals surface area contributed by atoms with E-state index in [1.54, 1.807) is 13.2 Å². The molecule has 0 bridgehead atoms. The summed E-state index contributed by atoms with van der Waals surface area (Å²) in [5.74, 6) is 0.988. The number of hydrogen-bond acceptors (Lipinski definition) is 4. The highest BCUT2D eigenvalue weighted by atomic mass is 16.5. The smallest absolute Gasteiger partial charge is 0.271 e. The number of amides is 1. The van der Waals surface area contributed by atoms with Gasteiger partial charge in [0.05, 0.1) is 12.8 Å². The molecular weight excluding hydrogens is 294 g/mol. The van der Waals surface area contributed by atoms with E-state index in [9.17, 15) is 9.90 Å². The normalized spacial score (nSPS) is 15.7. The van der Waals surface area contributed by atoms with Gasteiger partial charge in [0.25, 0.3) is 5.91 Å². The van der Waals surface area contributed by atoms with Crippen LogP contribution in [0.4, 0.5) is 0 Å². The Hall–Kier alpha value is -2.34. The van der Waals surface area contributed by atoms with Crippen molar-refractivity contribution in [1.29, 1.82) is 0 Å². The fourth-order valence-electron chi connectivity index (χ4n) is 2.91. The minimum atomic E-state index is -0.0463. The number of rotatable bonds is 4. The van der Waals surface area contributed by atoms with Crippen LogP contribution in [0.5, 0.6) is 5.75 Å². The number of H-pyrrole nitrogens is 1. The molecule has 0 radical (unpaired) electrons. The van der Waals surface area contributed by atoms with E-state index in [0.717, 1.165) is 24.2 Å². The lowest BCUT2D eigenvalue weighted by Crippen LogP contribution is -2.39. The van der Waals surface area contributed by atoms with Gasteiger partial charge in [-0.2, -0.15) is 5.10 Å². The number of benzene rings is 1. The van der Waals surface area contributed by atoms with Gasteiger partial charge >= 0.3 is 0 Å². The number of nitrogens with one attached hydrogen (secondary N) is 1. The molecule has 23 heavy (non-hydrogen) atoms. The molecular formula is C17H21N3O3. The third-order valence-corrected chi connectivity index (χ3v) is 4.35. The van der Waals surface area contributed by atoms with Crippen LogP contribution in [0.25, 0.3) is 11.3 Å². The number of piperidine rings is 1. The van der Waals surface area contributed by atoms with Crippen molar-refractivity contribution in [1.82, 2.24) is 15.1 Å². The zero-order valence-corrected chi connectivity index (χ0v) is 13.2. The Balaban J connectivity index is 1.75. The maximum Gasteiger partial charge on any atom is 0.271 e. The molecule has 122 valence electrons. The van der Waals surface area contributed by atoms with E-state index >= 15 is 0 Å². The predicted octanol–water partition coefficient (Wildman–Crippen LogP) is 1.93. The van der Waals surface area contributed by atoms with Crippen molar-refractivity contribution in [3.63, 3.8) is 0 Å². The Kier molecular flexibility index (Phi) is 4.62. The zero-order valence-electron chi connectivity index (χ0n) is 13.2. The number of carbonyl (C=O) groups excluding carboxylic acids is 1. The van der Waals surface area contributed by atoms with Crippen molar-refractivity contribution < 1.29 is 14.6 Å². The van der Waals surface area contributed by atoms with Crippen molar-refractivity contribution in [3.05, 3.63) is 36.0 Å². The number of carbonyl (C=O) groups is 1. The minimum absolute atomic E-state index is 0.0463. The molecule has 0 aliphatic carbocycles. The molecule has 0 spiro atoms. The largest absolute Gasteiger partial charge is 0.496 e. The van der Waals surface area contributed by atoms with Gasteiger partial charge in [0.2, 0.25) is 0 Å². The van der Waals surface area contributed by atoms with Gasteiger partial charge in [0.1, 0.15) is 11.4 Å². The van der Waals surface area contributed by atoms with Gasteiger partial charge in [0, 0.05) is 25.3 Å². The van der Waals surface area contributed by atoms with Crippen LogP contribution in [0.3, 0.4) is 0 Å². The number of likely N-dealkylation sites (tertiary alicyclic amines) is 1. The molecule has 2 aromatic rings. The zero-order chi connectivity index (χ0) is 16.2. The number of aromatic nitrogens is 2. The lowest BCUT2D eigenvalue weighted by molar-refractivity contribution is 0.0645. The number of ether oxygens (including phenoxy) is 1. The van der Waals surface area contributed by atoms with Gasteiger partial charge < -0.3 is 14.7 Å². The molecule has 0 atom stereocenters. The summed E-state index contributed by atoms with van der Waals surface area (Å²) in [6, 6.07) is 9.35. The Morgan fingerprint density at radius 1 is 1.39 bits per heavy atom. The summed E-state index contributed by atoms with van der Waals surface area (Å²) in [7, 11) is 1.61. The van der Waals surface area contributed by atoms with E-state index in [0.29, 0.717) is 30.4 Å². The molecule has 3 rings (SSSR count). The summed E-state index contributed by atoms with van der Waals surface area (Å²) in [6.07, 6.45) is 1.69. The highest BCUT2D eigenvalue weighted by molar-refractivity contribution is 5.93. The van der Waals surface area contributed by atoms with Gasteiger partial charge in [-0.15, -0.1) is 0 Å². The number of para-hydroxylation sites is 1. The number of methoxy groups -OCH3 is 1. The fraction of sp³-hybridized carbons (Fsp3) is 0.412. The minimum Gasteiger partial charge on any atom is -0.496 e. The van der Waals surface area contributed by atoms with Gasteiger partial charge in [-0.25, -0.2) is 0 Å². The second-order valence-electron chi connectivity index (χ2n) is 5.79. The third-order valence-electron chi connectivity index (χ3n) is 4.35. The van der Waals surface area contributed by atoms with Crippen LogP contribution in [-0.2, 0) is 0 Å². The first-order valence-electron chi connectivity index (χ1n) is 7.82. The van der Waals surface area contributed by atoms with E-state index in [-0.39, 0.29) is 12.5 Å². The van der Waals surface area contributed by atoms with Crippen LogP contribution >= 0.6 is 0 Å². The molecule has 2 heterocycles. The number of nitrogens with zero attached hydrogens (tertiary/aromatic N) is 2. The first-order chi connectivity index (χ1) is 11.2. The number of aromatic amines is 1. The standard InChI is InChI=1S/C17H21N3O3/c1-23-16-5-3-2-4-13(16)14-10-15(19-18-14)17(22)20-8-6-12(11-21)7-9-20/h2-5,10,12,21H,6-9,11H2,1H3,(H,18,19). The molecule has 0 unspecified atom stereocenters. The van der Waals surface area contributed by atoms with Crippen LogP contribution in [0.1, 0.15) is 23.3 Å². The summed E-state index contributed by atoms with van der Waals surface area (Å²) in [5, 5.41) is 16.3. The molecule has 1 amide bonds. The lowest BCUT2D eigenvalue weighted by atomic mass is 9.98. The van der Waals surface area contributed by atoms with Gasteiger partial charge in [0.15, 0.2) is 0 Å². The molecule has 1 aliphatic heterocycles. The van der Waals surface area contributed by atoms with E-state index in [1.807, 2.05) is 29.2 Å². The van der Waals surface area contributed by atoms with Crippen molar-refractivity contribution in [2.24, 2.45) is 5.92 Å². The molecule has 1 aromatic carbocycles. The molecule has 2 N–H and O–H groups in total. The molecule has 1 saturated heterocycles. The highest BCUT2D eigenvalue weighted by Crippen LogP contribution is 2.28. The molecule has 0 saturated carbocycles. The van der Waals surface area contributed by atoms with Crippen molar-refractivity contribution in [2.45, 2.75) is 12.8 Å². The number of hydrogen-bond donors (Lipinski definition) is 2. The first-order valence-corrected chi connectivity index (χ1v) is 7.82. The van der Waals surface area contributed by atoms with Crippen molar-refractivity contribution in [3.8, 4) is 17.0 Å². The van der Waals surface area contributed by atoms with Crippen molar-refractivity contribution >= 4 is 5.91 Å². The van der Waals surface area contributed by atoms with Crippen LogP contribution in [0.2, 0.25) is 0 Å². The second kappa shape index (κ2) is 6.83. The SMILES string of the molecule is COc1ccccc1-c1cc(C(=O)N2CCC(CO)CC2)[nH]n1. The highest BCUT2D eigenvalue weighted by Gasteiger charge is 2.24. The van der Waals surface area contributed by atoms with Crippen molar-refractivity contribution in [2.75, 3.05) is 26.8 Å². The molecule has 6 nitrogen and oxygen atoms in total. The summed E-state index contributed by atoms with van der Waals surface area (Å²) in [4.78, 5) is 14.4. The monoisotopic (exact) mass is 315 g/mol. The molecule has 1 fully saturated rings. The number of aliphatic hydroxyl groups is 1. The molecule has 6 heteroatoms. The topological polar surface area (TPSA) is 78.5 Å². The van der Waals surface area contributed by atoms with E-state index in [1.165, 1.54) is 0 Å². The summed E-state index contributed by atoms with van der Waals surface area (Å²) < 4.78 is 5.34. The lowest BCUT2D eigenvalue weighted by Gasteiger charge is -2.30. The number of aliphatic hydroxyl groups excluding tert-OH is 1. The van der Waals surface area contributed by atoms with E-state index in [2.05, 4.69) is 10.2 Å². The molecule has 1 aliphatic rings. The van der Waals surface area contributed by atoms with Crippen LogP contribution in [0.15, 0.2) is 30.3 Å². The Bertz CT molecular complexity index is 675. The van der Waals surface area contributed by atoms with Crippen LogP contribution in [-0.4, -0.2) is 52.9 Å². The van der Waals surface area contributed by atoms with Gasteiger partial charge in [-0.1, -0.05) is 12.1 Å². The summed E-state index contributed by atoms with van der Waals surface area (Å²) in [5.41, 5.74) is 2.02. The van der Waals surface area contributed by atoms with Crippen LogP contribution in [0, 0.1) is 5.92 Å². The Labute approximate surface area is 135 Å². The first kappa shape index (κ1) is 15.6. The predicted molar refractivity (Wildman–Crippen MR) is 86.3 cm³/mol. The van der Waals surface area contributed by atoms with Crippen LogP contribution < -0.4 is 4.74 Å².